The average molecular weight is 204 g/mol. The number of allylic oxidation sites excluding steroid dienone is 1. The van der Waals surface area contributed by atoms with Crippen LogP contribution in [0.2, 0.25) is 0 Å². The van der Waals surface area contributed by atoms with E-state index in [-0.39, 0.29) is 6.29 Å². The van der Waals surface area contributed by atoms with E-state index in [2.05, 4.69) is 30.3 Å². The molecule has 2 heteroatoms. The van der Waals surface area contributed by atoms with Crippen LogP contribution in [0.3, 0.4) is 0 Å². The Kier molecular flexibility index (Phi) is 3.41. The zero-order valence-corrected chi connectivity index (χ0v) is 8.93. The summed E-state index contributed by atoms with van der Waals surface area (Å²) in [5.41, 5.74) is 1.32. The van der Waals surface area contributed by atoms with E-state index in [0.717, 1.165) is 6.42 Å². The van der Waals surface area contributed by atoms with E-state index in [0.29, 0.717) is 12.5 Å². The molecule has 2 rings (SSSR count). The van der Waals surface area contributed by atoms with Crippen LogP contribution < -0.4 is 0 Å². The number of ether oxygens (including phenoxy) is 2. The molecule has 0 aliphatic carbocycles. The van der Waals surface area contributed by atoms with E-state index in [1.807, 2.05) is 13.0 Å². The topological polar surface area (TPSA) is 18.5 Å². The van der Waals surface area contributed by atoms with Gasteiger partial charge in [0.1, 0.15) is 0 Å². The van der Waals surface area contributed by atoms with Gasteiger partial charge in [0.15, 0.2) is 6.29 Å². The van der Waals surface area contributed by atoms with E-state index in [1.54, 1.807) is 6.26 Å². The SMILES string of the molecule is CCOC1CC(c2ccccc2)C=CO1. The predicted octanol–water partition coefficient (Wildman–Crippen LogP) is 3.07. The molecule has 2 nitrogen and oxygen atoms in total. The van der Waals surface area contributed by atoms with Gasteiger partial charge in [0.2, 0.25) is 0 Å². The molecule has 0 amide bonds. The minimum absolute atomic E-state index is 0.0924. The van der Waals surface area contributed by atoms with Gasteiger partial charge in [-0.05, 0) is 18.6 Å². The van der Waals surface area contributed by atoms with Crippen molar-refractivity contribution in [1.82, 2.24) is 0 Å². The maximum Gasteiger partial charge on any atom is 0.199 e. The molecule has 1 aromatic rings. The molecule has 0 fully saturated rings. The lowest BCUT2D eigenvalue weighted by Gasteiger charge is -2.25. The van der Waals surface area contributed by atoms with Gasteiger partial charge in [0.25, 0.3) is 0 Å². The van der Waals surface area contributed by atoms with Gasteiger partial charge in [0.05, 0.1) is 6.26 Å². The van der Waals surface area contributed by atoms with Crippen LogP contribution in [-0.4, -0.2) is 12.9 Å². The summed E-state index contributed by atoms with van der Waals surface area (Å²) in [5, 5.41) is 0. The van der Waals surface area contributed by atoms with Gasteiger partial charge in [-0.25, -0.2) is 0 Å². The van der Waals surface area contributed by atoms with Crippen molar-refractivity contribution < 1.29 is 9.47 Å². The quantitative estimate of drug-likeness (QED) is 0.753. The summed E-state index contributed by atoms with van der Waals surface area (Å²) < 4.78 is 10.8. The van der Waals surface area contributed by atoms with Gasteiger partial charge in [-0.3, -0.25) is 0 Å². The Balaban J connectivity index is 2.05. The summed E-state index contributed by atoms with van der Waals surface area (Å²) in [6, 6.07) is 10.4. The van der Waals surface area contributed by atoms with E-state index in [1.165, 1.54) is 5.56 Å². The lowest BCUT2D eigenvalue weighted by Crippen LogP contribution is -2.21. The molecule has 0 bridgehead atoms. The highest BCUT2D eigenvalue weighted by Gasteiger charge is 2.20. The lowest BCUT2D eigenvalue weighted by atomic mass is 9.94. The van der Waals surface area contributed by atoms with Crippen LogP contribution >= 0.6 is 0 Å². The van der Waals surface area contributed by atoms with Gasteiger partial charge < -0.3 is 9.47 Å². The molecule has 0 N–H and O–H groups in total. The van der Waals surface area contributed by atoms with Gasteiger partial charge in [-0.15, -0.1) is 0 Å². The molecule has 0 radical (unpaired) electrons. The molecule has 1 aliphatic heterocycles. The third-order valence-corrected chi connectivity index (χ3v) is 2.57. The highest BCUT2D eigenvalue weighted by Crippen LogP contribution is 2.27. The molecule has 1 aromatic carbocycles. The number of benzene rings is 1. The van der Waals surface area contributed by atoms with Gasteiger partial charge in [-0.1, -0.05) is 30.3 Å². The van der Waals surface area contributed by atoms with Crippen LogP contribution in [-0.2, 0) is 9.47 Å². The molecule has 0 aromatic heterocycles. The number of rotatable bonds is 3. The maximum atomic E-state index is 5.46. The molecular formula is C13H16O2. The fraction of sp³-hybridized carbons (Fsp3) is 0.385. The van der Waals surface area contributed by atoms with Crippen LogP contribution in [0.5, 0.6) is 0 Å². The molecular weight excluding hydrogens is 188 g/mol. The first kappa shape index (κ1) is 10.2. The van der Waals surface area contributed by atoms with Gasteiger partial charge in [0, 0.05) is 18.9 Å². The van der Waals surface area contributed by atoms with Crippen molar-refractivity contribution >= 4 is 0 Å². The van der Waals surface area contributed by atoms with Crippen molar-refractivity contribution in [3.63, 3.8) is 0 Å². The van der Waals surface area contributed by atoms with Gasteiger partial charge >= 0.3 is 0 Å². The summed E-state index contributed by atoms with van der Waals surface area (Å²) in [7, 11) is 0. The molecule has 80 valence electrons. The number of hydrogen-bond donors (Lipinski definition) is 0. The second-order valence-corrected chi connectivity index (χ2v) is 3.60. The molecule has 1 heterocycles. The van der Waals surface area contributed by atoms with Crippen molar-refractivity contribution in [2.45, 2.75) is 25.6 Å². The third-order valence-electron chi connectivity index (χ3n) is 2.57. The lowest BCUT2D eigenvalue weighted by molar-refractivity contribution is -0.114. The second-order valence-electron chi connectivity index (χ2n) is 3.60. The van der Waals surface area contributed by atoms with Crippen LogP contribution in [0.25, 0.3) is 0 Å². The normalized spacial score (nSPS) is 24.9. The average Bonchev–Trinajstić information content (AvgIpc) is 2.31. The fourth-order valence-corrected chi connectivity index (χ4v) is 1.81. The van der Waals surface area contributed by atoms with E-state index in [4.69, 9.17) is 9.47 Å². The Morgan fingerprint density at radius 1 is 1.33 bits per heavy atom. The summed E-state index contributed by atoms with van der Waals surface area (Å²) in [4.78, 5) is 0. The summed E-state index contributed by atoms with van der Waals surface area (Å²) >= 11 is 0. The third kappa shape index (κ3) is 2.60. The monoisotopic (exact) mass is 204 g/mol. The Morgan fingerprint density at radius 3 is 2.87 bits per heavy atom. The van der Waals surface area contributed by atoms with E-state index in [9.17, 15) is 0 Å². The summed E-state index contributed by atoms with van der Waals surface area (Å²) in [6.45, 7) is 2.68. The molecule has 0 spiro atoms. The highest BCUT2D eigenvalue weighted by atomic mass is 16.7. The van der Waals surface area contributed by atoms with Crippen LogP contribution in [0, 0.1) is 0 Å². The first-order valence-electron chi connectivity index (χ1n) is 5.39. The first-order valence-corrected chi connectivity index (χ1v) is 5.39. The molecule has 2 unspecified atom stereocenters. The van der Waals surface area contributed by atoms with Gasteiger partial charge in [-0.2, -0.15) is 0 Å². The minimum atomic E-state index is -0.0924. The number of hydrogen-bond acceptors (Lipinski definition) is 2. The Labute approximate surface area is 90.5 Å². The second kappa shape index (κ2) is 4.99. The standard InChI is InChI=1S/C13H16O2/c1-2-14-13-10-12(8-9-15-13)11-6-4-3-5-7-11/h3-9,12-13H,2,10H2,1H3. The molecule has 15 heavy (non-hydrogen) atoms. The Hall–Kier alpha value is -1.28. The Morgan fingerprint density at radius 2 is 2.13 bits per heavy atom. The smallest absolute Gasteiger partial charge is 0.199 e. The van der Waals surface area contributed by atoms with Crippen LogP contribution in [0.15, 0.2) is 42.7 Å². The van der Waals surface area contributed by atoms with E-state index >= 15 is 0 Å². The molecule has 1 aliphatic rings. The fourth-order valence-electron chi connectivity index (χ4n) is 1.81. The highest BCUT2D eigenvalue weighted by molar-refractivity contribution is 5.24. The van der Waals surface area contributed by atoms with Crippen molar-refractivity contribution in [2.75, 3.05) is 6.61 Å². The van der Waals surface area contributed by atoms with Crippen molar-refractivity contribution in [3.8, 4) is 0 Å². The first-order chi connectivity index (χ1) is 7.40. The van der Waals surface area contributed by atoms with Crippen molar-refractivity contribution in [3.05, 3.63) is 48.2 Å². The van der Waals surface area contributed by atoms with Crippen LogP contribution in [0.4, 0.5) is 0 Å². The van der Waals surface area contributed by atoms with Crippen LogP contribution in [0.1, 0.15) is 24.8 Å². The predicted molar refractivity (Wildman–Crippen MR) is 59.4 cm³/mol. The summed E-state index contributed by atoms with van der Waals surface area (Å²) in [5.74, 6) is 0.413. The zero-order valence-electron chi connectivity index (χ0n) is 8.93. The van der Waals surface area contributed by atoms with Crippen molar-refractivity contribution in [1.29, 1.82) is 0 Å². The molecule has 2 atom stereocenters. The summed E-state index contributed by atoms with van der Waals surface area (Å²) in [6.07, 6.45) is 4.64. The molecule has 0 saturated heterocycles. The largest absolute Gasteiger partial charge is 0.473 e. The zero-order chi connectivity index (χ0) is 10.5. The molecule has 0 saturated carbocycles. The van der Waals surface area contributed by atoms with E-state index < -0.39 is 0 Å². The Bertz CT molecular complexity index is 319. The minimum Gasteiger partial charge on any atom is -0.473 e. The van der Waals surface area contributed by atoms with Crippen molar-refractivity contribution in [2.24, 2.45) is 0 Å². The maximum absolute atomic E-state index is 5.46.